The van der Waals surface area contributed by atoms with E-state index in [2.05, 4.69) is 106 Å². The third-order valence-corrected chi connectivity index (χ3v) is 17.3. The van der Waals surface area contributed by atoms with Gasteiger partial charge in [0.05, 0.1) is 23.7 Å². The molecule has 19 nitrogen and oxygen atoms in total. The van der Waals surface area contributed by atoms with Crippen LogP contribution in [0.2, 0.25) is 0 Å². The minimum atomic E-state index is -0.325. The number of fused-ring (bicyclic) bond motifs is 2. The highest BCUT2D eigenvalue weighted by atomic mass is 16.5. The van der Waals surface area contributed by atoms with E-state index in [-0.39, 0.29) is 42.6 Å². The average molecular weight is 1290 g/mol. The maximum Gasteiger partial charge on any atom is 0.333 e. The van der Waals surface area contributed by atoms with Gasteiger partial charge in [-0.3, -0.25) is 24.8 Å². The second-order valence-corrected chi connectivity index (χ2v) is 24.6. The smallest absolute Gasteiger partial charge is 0.333 e. The van der Waals surface area contributed by atoms with Crippen molar-refractivity contribution in [2.24, 2.45) is 0 Å². The Morgan fingerprint density at radius 3 is 1.48 bits per heavy atom. The van der Waals surface area contributed by atoms with E-state index < -0.39 is 0 Å². The normalized spacial score (nSPS) is 13.5. The van der Waals surface area contributed by atoms with Crippen LogP contribution in [0.3, 0.4) is 0 Å². The van der Waals surface area contributed by atoms with Crippen molar-refractivity contribution < 1.29 is 38.5 Å². The van der Waals surface area contributed by atoms with Crippen molar-refractivity contribution in [1.82, 2.24) is 34.7 Å². The summed E-state index contributed by atoms with van der Waals surface area (Å²) in [5.74, 6) is 2.11. The number of aliphatic hydroxyl groups is 1. The second-order valence-electron chi connectivity index (χ2n) is 24.6. The van der Waals surface area contributed by atoms with E-state index in [9.17, 15) is 24.3 Å². The van der Waals surface area contributed by atoms with Gasteiger partial charge in [0, 0.05) is 127 Å². The fraction of sp³-hybridized carbons (Fsp3) is 0.273. The molecular weight excluding hydrogens is 1210 g/mol. The standard InChI is InChI=1S/C41H47N5O5.C36H38N6O3/c1-4-31(5-2)43-41(49)44-32-12-17-36(18-13-32)51-39-19-14-33(24-29(39)27-50-3)42-40(48)28-10-15-34(16-11-28)46-26-30(37-8-6-7-9-38(37)46)25-45-22-20-35(47)21-23-45;1-25-22-29(14-19-34(25)45-31-17-12-28(13-18-31)38-36(44)39-40(2)3)37-35(43)26-10-15-30(16-11-26)42-24-27(23-41-20-6-7-21-41)32-8-4-5-9-33(32)42/h6-19,24,26,31,35,47H,4-5,20-23,25,27H2,1-3H3,(H,42,48)(H2,43,44,49);4-5,8-19,22,24H,6-7,20-21,23H2,1-3H3,(H,37,43)(H2,38,39,44). The molecule has 0 bridgehead atoms. The van der Waals surface area contributed by atoms with Crippen LogP contribution in [0, 0.1) is 6.92 Å². The van der Waals surface area contributed by atoms with E-state index in [0.29, 0.717) is 56.9 Å². The molecule has 8 aromatic carbocycles. The molecule has 10 aromatic rings. The number of benzene rings is 8. The van der Waals surface area contributed by atoms with Crippen LogP contribution < -0.4 is 41.5 Å². The van der Waals surface area contributed by atoms with Crippen molar-refractivity contribution in [3.05, 3.63) is 228 Å². The van der Waals surface area contributed by atoms with Gasteiger partial charge in [0.25, 0.3) is 11.8 Å². The number of amides is 6. The summed E-state index contributed by atoms with van der Waals surface area (Å²) >= 11 is 0. The van der Waals surface area contributed by atoms with Gasteiger partial charge in [-0.25, -0.2) is 14.6 Å². The summed E-state index contributed by atoms with van der Waals surface area (Å²) in [6.07, 6.45) is 10.1. The number of piperidine rings is 1. The Kier molecular flexibility index (Phi) is 22.2. The number of aryl methyl sites for hydroxylation is 1. The monoisotopic (exact) mass is 1290 g/mol. The summed E-state index contributed by atoms with van der Waals surface area (Å²) in [7, 11) is 5.09. The molecule has 2 aliphatic rings. The number of carbonyl (C=O) groups is 4. The Morgan fingerprint density at radius 2 is 0.990 bits per heavy atom. The maximum absolute atomic E-state index is 13.3. The lowest BCUT2D eigenvalue weighted by molar-refractivity contribution is 0.0794. The van der Waals surface area contributed by atoms with E-state index in [1.807, 2.05) is 106 Å². The van der Waals surface area contributed by atoms with Crippen LogP contribution in [0.1, 0.15) is 95.3 Å². The minimum Gasteiger partial charge on any atom is -0.457 e. The van der Waals surface area contributed by atoms with Gasteiger partial charge in [-0.15, -0.1) is 0 Å². The Bertz CT molecular complexity index is 4280. The number of hydrogen-bond donors (Lipinski definition) is 7. The summed E-state index contributed by atoms with van der Waals surface area (Å²) in [5, 5.41) is 28.6. The number of methoxy groups -OCH3 is 1. The number of hydrogen-bond acceptors (Lipinski definition) is 11. The molecular formula is C77H85N11O8. The number of aliphatic hydroxyl groups excluding tert-OH is 1. The number of urea groups is 2. The highest BCUT2D eigenvalue weighted by molar-refractivity contribution is 6.05. The zero-order valence-corrected chi connectivity index (χ0v) is 55.4. The van der Waals surface area contributed by atoms with Gasteiger partial charge < -0.3 is 55.0 Å². The number of rotatable bonds is 22. The number of carbonyl (C=O) groups excluding carboxylic acids is 4. The lowest BCUT2D eigenvalue weighted by Gasteiger charge is -2.29. The van der Waals surface area contributed by atoms with Crippen LogP contribution in [-0.2, 0) is 24.4 Å². The van der Waals surface area contributed by atoms with E-state index >= 15 is 0 Å². The second kappa shape index (κ2) is 31.8. The van der Waals surface area contributed by atoms with Crippen molar-refractivity contribution >= 4 is 68.4 Å². The highest BCUT2D eigenvalue weighted by Gasteiger charge is 2.22. The van der Waals surface area contributed by atoms with Crippen molar-refractivity contribution in [1.29, 1.82) is 0 Å². The third kappa shape index (κ3) is 17.3. The van der Waals surface area contributed by atoms with Gasteiger partial charge in [-0.05, 0) is 221 Å². The lowest BCUT2D eigenvalue weighted by Crippen LogP contribution is -2.39. The number of anilines is 4. The predicted molar refractivity (Wildman–Crippen MR) is 381 cm³/mol. The van der Waals surface area contributed by atoms with Crippen LogP contribution in [-0.4, -0.2) is 112 Å². The van der Waals surface area contributed by atoms with Crippen LogP contribution in [0.25, 0.3) is 33.2 Å². The maximum atomic E-state index is 13.3. The zero-order chi connectivity index (χ0) is 67.1. The molecule has 0 unspecified atom stereocenters. The first kappa shape index (κ1) is 67.2. The molecule has 0 saturated carbocycles. The largest absolute Gasteiger partial charge is 0.457 e. The molecule has 2 saturated heterocycles. The van der Waals surface area contributed by atoms with Crippen molar-refractivity contribution in [3.8, 4) is 34.4 Å². The summed E-state index contributed by atoms with van der Waals surface area (Å²) in [5.41, 5.74) is 14.9. The first-order chi connectivity index (χ1) is 46.6. The molecule has 19 heteroatoms. The topological polar surface area (TPSA) is 208 Å². The quantitative estimate of drug-likeness (QED) is 0.0318. The number of para-hydroxylation sites is 2. The van der Waals surface area contributed by atoms with E-state index in [1.165, 1.54) is 40.3 Å². The van der Waals surface area contributed by atoms with E-state index in [1.54, 1.807) is 80.8 Å². The van der Waals surface area contributed by atoms with Gasteiger partial charge in [-0.1, -0.05) is 50.2 Å². The fourth-order valence-electron chi connectivity index (χ4n) is 12.2. The van der Waals surface area contributed by atoms with Crippen molar-refractivity contribution in [2.45, 2.75) is 91.1 Å². The molecule has 2 aliphatic heterocycles. The number of hydrazine groups is 1. The van der Waals surface area contributed by atoms with Crippen LogP contribution in [0.5, 0.6) is 23.0 Å². The molecule has 2 fully saturated rings. The molecule has 6 amide bonds. The molecule has 96 heavy (non-hydrogen) atoms. The fourth-order valence-corrected chi connectivity index (χ4v) is 12.2. The van der Waals surface area contributed by atoms with E-state index in [0.717, 1.165) is 93.0 Å². The number of nitrogens with one attached hydrogen (secondary N) is 6. The molecule has 0 spiro atoms. The van der Waals surface area contributed by atoms with Gasteiger partial charge in [0.15, 0.2) is 0 Å². The van der Waals surface area contributed by atoms with Gasteiger partial charge in [0.2, 0.25) is 0 Å². The zero-order valence-electron chi connectivity index (χ0n) is 55.4. The van der Waals surface area contributed by atoms with Crippen LogP contribution >= 0.6 is 0 Å². The molecule has 0 atom stereocenters. The number of nitrogens with zero attached hydrogens (tertiary/aromatic N) is 5. The average Bonchev–Trinajstić information content (AvgIpc) is 1.65. The number of likely N-dealkylation sites (tertiary alicyclic amines) is 2. The minimum absolute atomic E-state index is 0.137. The predicted octanol–water partition coefficient (Wildman–Crippen LogP) is 15.3. The van der Waals surface area contributed by atoms with Gasteiger partial charge in [0.1, 0.15) is 23.0 Å². The van der Waals surface area contributed by atoms with Gasteiger partial charge in [-0.2, -0.15) is 0 Å². The molecule has 0 aliphatic carbocycles. The Labute approximate surface area is 560 Å². The van der Waals surface area contributed by atoms with Crippen LogP contribution in [0.4, 0.5) is 32.3 Å². The highest BCUT2D eigenvalue weighted by Crippen LogP contribution is 2.34. The summed E-state index contributed by atoms with van der Waals surface area (Å²) in [4.78, 5) is 55.6. The molecule has 2 aromatic heterocycles. The SMILES string of the molecule is CCC(CC)NC(=O)Nc1ccc(Oc2ccc(NC(=O)c3ccc(-n4cc(CN5CCC(O)CC5)c5ccccc54)cc3)cc2COC)cc1.Cc1cc(NC(=O)c2ccc(-n3cc(CN4CCCC4)c4ccccc43)cc2)ccc1Oc1ccc(NC(=O)NN(C)C)cc1. The number of ether oxygens (including phenoxy) is 3. The van der Waals surface area contributed by atoms with Crippen molar-refractivity contribution in [2.75, 3.05) is 68.7 Å². The summed E-state index contributed by atoms with van der Waals surface area (Å²) in [6, 6.07) is 57.1. The molecule has 4 heterocycles. The first-order valence-electron chi connectivity index (χ1n) is 32.9. The molecule has 496 valence electrons. The summed E-state index contributed by atoms with van der Waals surface area (Å²) < 4.78 is 22.0. The molecule has 7 N–H and O–H groups in total. The van der Waals surface area contributed by atoms with Crippen LogP contribution in [0.15, 0.2) is 194 Å². The molecule has 0 radical (unpaired) electrons. The Morgan fingerprint density at radius 1 is 0.531 bits per heavy atom. The lowest BCUT2D eigenvalue weighted by atomic mass is 10.1. The first-order valence-corrected chi connectivity index (χ1v) is 32.9. The van der Waals surface area contributed by atoms with Gasteiger partial charge >= 0.3 is 12.1 Å². The number of aromatic nitrogens is 2. The summed E-state index contributed by atoms with van der Waals surface area (Å²) in [6.45, 7) is 12.2. The van der Waals surface area contributed by atoms with Crippen molar-refractivity contribution in [3.63, 3.8) is 0 Å². The third-order valence-electron chi connectivity index (χ3n) is 17.3. The Hall–Kier alpha value is -10.3. The van der Waals surface area contributed by atoms with E-state index in [4.69, 9.17) is 14.2 Å². The molecule has 12 rings (SSSR count). The Balaban J connectivity index is 0.000000197.